The second kappa shape index (κ2) is 6.07. The predicted molar refractivity (Wildman–Crippen MR) is 77.9 cm³/mol. The van der Waals surface area contributed by atoms with Crippen molar-refractivity contribution in [3.63, 3.8) is 0 Å². The topological polar surface area (TPSA) is 76.4 Å². The Kier molecular flexibility index (Phi) is 3.98. The van der Waals surface area contributed by atoms with Crippen LogP contribution in [0.1, 0.15) is 5.89 Å². The number of rotatable bonds is 3. The van der Waals surface area contributed by atoms with Gasteiger partial charge in [-0.3, -0.25) is 4.79 Å². The number of hydrogen-bond donors (Lipinski definition) is 2. The van der Waals surface area contributed by atoms with E-state index >= 15 is 0 Å². The van der Waals surface area contributed by atoms with Crippen molar-refractivity contribution in [2.75, 3.05) is 25.1 Å². The standard InChI is InChI=1S/C15H17N3O3/c1-10-17-13(9-21-10)11-2-4-12(5-3-11)18-15(19)14-8-20-7-6-16-14/h2-5,9,14,16H,6-8H2,1H3,(H,18,19). The lowest BCUT2D eigenvalue weighted by molar-refractivity contribution is -0.120. The fraction of sp³-hybridized carbons (Fsp3) is 0.333. The van der Waals surface area contributed by atoms with Crippen LogP contribution in [0.25, 0.3) is 11.3 Å². The molecule has 1 unspecified atom stereocenters. The van der Waals surface area contributed by atoms with Crippen LogP contribution in [0, 0.1) is 6.92 Å². The molecule has 1 aliphatic rings. The number of oxazole rings is 1. The Balaban J connectivity index is 1.65. The van der Waals surface area contributed by atoms with Crippen molar-refractivity contribution in [3.8, 4) is 11.3 Å². The first-order valence-corrected chi connectivity index (χ1v) is 6.87. The lowest BCUT2D eigenvalue weighted by Gasteiger charge is -2.22. The molecule has 1 aromatic heterocycles. The molecule has 1 aromatic carbocycles. The number of aryl methyl sites for hydroxylation is 1. The minimum Gasteiger partial charge on any atom is -0.449 e. The molecule has 2 heterocycles. The normalized spacial score (nSPS) is 18.4. The van der Waals surface area contributed by atoms with Gasteiger partial charge < -0.3 is 19.8 Å². The largest absolute Gasteiger partial charge is 0.449 e. The summed E-state index contributed by atoms with van der Waals surface area (Å²) < 4.78 is 10.5. The van der Waals surface area contributed by atoms with Crippen LogP contribution in [0.2, 0.25) is 0 Å². The molecule has 6 heteroatoms. The van der Waals surface area contributed by atoms with Crippen LogP contribution in [-0.2, 0) is 9.53 Å². The number of nitrogens with one attached hydrogen (secondary N) is 2. The molecule has 0 saturated carbocycles. The SMILES string of the molecule is Cc1nc(-c2ccc(NC(=O)C3COCCN3)cc2)co1. The molecule has 110 valence electrons. The summed E-state index contributed by atoms with van der Waals surface area (Å²) in [6.07, 6.45) is 1.62. The molecule has 21 heavy (non-hydrogen) atoms. The van der Waals surface area contributed by atoms with E-state index in [1.807, 2.05) is 24.3 Å². The summed E-state index contributed by atoms with van der Waals surface area (Å²) in [5.41, 5.74) is 2.48. The summed E-state index contributed by atoms with van der Waals surface area (Å²) in [6, 6.07) is 7.20. The van der Waals surface area contributed by atoms with Gasteiger partial charge in [0.2, 0.25) is 5.91 Å². The second-order valence-corrected chi connectivity index (χ2v) is 4.90. The van der Waals surface area contributed by atoms with Crippen LogP contribution >= 0.6 is 0 Å². The highest BCUT2D eigenvalue weighted by Gasteiger charge is 2.21. The Morgan fingerprint density at radius 1 is 1.38 bits per heavy atom. The summed E-state index contributed by atoms with van der Waals surface area (Å²) in [5.74, 6) is 0.547. The number of ether oxygens (including phenoxy) is 1. The van der Waals surface area contributed by atoms with Gasteiger partial charge in [-0.1, -0.05) is 12.1 Å². The van der Waals surface area contributed by atoms with E-state index in [0.29, 0.717) is 25.6 Å². The van der Waals surface area contributed by atoms with Crippen molar-refractivity contribution < 1.29 is 13.9 Å². The fourth-order valence-electron chi connectivity index (χ4n) is 2.18. The molecule has 1 aliphatic heterocycles. The van der Waals surface area contributed by atoms with Gasteiger partial charge in [-0.15, -0.1) is 0 Å². The number of amides is 1. The lowest BCUT2D eigenvalue weighted by atomic mass is 10.1. The highest BCUT2D eigenvalue weighted by atomic mass is 16.5. The van der Waals surface area contributed by atoms with E-state index in [1.165, 1.54) is 0 Å². The lowest BCUT2D eigenvalue weighted by Crippen LogP contribution is -2.48. The first-order valence-electron chi connectivity index (χ1n) is 6.87. The van der Waals surface area contributed by atoms with E-state index in [2.05, 4.69) is 15.6 Å². The molecule has 1 fully saturated rings. The van der Waals surface area contributed by atoms with E-state index in [-0.39, 0.29) is 11.9 Å². The van der Waals surface area contributed by atoms with E-state index in [1.54, 1.807) is 13.2 Å². The Morgan fingerprint density at radius 3 is 2.81 bits per heavy atom. The summed E-state index contributed by atoms with van der Waals surface area (Å²) >= 11 is 0. The zero-order valence-corrected chi connectivity index (χ0v) is 11.8. The van der Waals surface area contributed by atoms with Gasteiger partial charge in [0, 0.05) is 24.7 Å². The summed E-state index contributed by atoms with van der Waals surface area (Å²) in [7, 11) is 0. The third kappa shape index (κ3) is 3.29. The predicted octanol–water partition coefficient (Wildman–Crippen LogP) is 1.58. The van der Waals surface area contributed by atoms with E-state index < -0.39 is 0 Å². The van der Waals surface area contributed by atoms with Gasteiger partial charge >= 0.3 is 0 Å². The molecule has 1 saturated heterocycles. The van der Waals surface area contributed by atoms with E-state index in [0.717, 1.165) is 16.9 Å². The fourth-order valence-corrected chi connectivity index (χ4v) is 2.18. The minimum atomic E-state index is -0.295. The number of aromatic nitrogens is 1. The molecular formula is C15H17N3O3. The van der Waals surface area contributed by atoms with Gasteiger partial charge in [-0.25, -0.2) is 4.98 Å². The van der Waals surface area contributed by atoms with Crippen LogP contribution in [0.15, 0.2) is 34.9 Å². The van der Waals surface area contributed by atoms with E-state index in [9.17, 15) is 4.79 Å². The number of hydrogen-bond acceptors (Lipinski definition) is 5. The second-order valence-electron chi connectivity index (χ2n) is 4.90. The van der Waals surface area contributed by atoms with Crippen molar-refractivity contribution in [2.45, 2.75) is 13.0 Å². The minimum absolute atomic E-state index is 0.0836. The Morgan fingerprint density at radius 2 is 2.19 bits per heavy atom. The third-order valence-electron chi connectivity index (χ3n) is 3.31. The van der Waals surface area contributed by atoms with Crippen LogP contribution in [0.4, 0.5) is 5.69 Å². The molecule has 0 spiro atoms. The quantitative estimate of drug-likeness (QED) is 0.896. The molecule has 0 bridgehead atoms. The first kappa shape index (κ1) is 13.8. The van der Waals surface area contributed by atoms with E-state index in [4.69, 9.17) is 9.15 Å². The van der Waals surface area contributed by atoms with Crippen LogP contribution < -0.4 is 10.6 Å². The number of carbonyl (C=O) groups excluding carboxylic acids is 1. The maximum absolute atomic E-state index is 12.0. The Bertz CT molecular complexity index is 615. The maximum Gasteiger partial charge on any atom is 0.243 e. The number of anilines is 1. The number of benzene rings is 1. The number of nitrogens with zero attached hydrogens (tertiary/aromatic N) is 1. The van der Waals surface area contributed by atoms with Gasteiger partial charge in [0.1, 0.15) is 18.0 Å². The smallest absolute Gasteiger partial charge is 0.243 e. The third-order valence-corrected chi connectivity index (χ3v) is 3.31. The van der Waals surface area contributed by atoms with Crippen LogP contribution in [0.5, 0.6) is 0 Å². The Hall–Kier alpha value is -2.18. The molecule has 1 atom stereocenters. The summed E-state index contributed by atoms with van der Waals surface area (Å²) in [6.45, 7) is 3.55. The molecule has 1 amide bonds. The molecule has 0 aliphatic carbocycles. The maximum atomic E-state index is 12.0. The highest BCUT2D eigenvalue weighted by molar-refractivity contribution is 5.95. The van der Waals surface area contributed by atoms with Crippen molar-refractivity contribution in [1.29, 1.82) is 0 Å². The monoisotopic (exact) mass is 287 g/mol. The molecule has 6 nitrogen and oxygen atoms in total. The zero-order valence-electron chi connectivity index (χ0n) is 11.8. The average molecular weight is 287 g/mol. The molecule has 3 rings (SSSR count). The summed E-state index contributed by atoms with van der Waals surface area (Å²) in [4.78, 5) is 16.3. The molecule has 0 radical (unpaired) electrons. The van der Waals surface area contributed by atoms with Crippen LogP contribution in [-0.4, -0.2) is 36.7 Å². The number of morpholine rings is 1. The average Bonchev–Trinajstić information content (AvgIpc) is 2.95. The Labute approximate surface area is 122 Å². The van der Waals surface area contributed by atoms with Crippen molar-refractivity contribution in [3.05, 3.63) is 36.4 Å². The molecular weight excluding hydrogens is 270 g/mol. The first-order chi connectivity index (χ1) is 10.2. The van der Waals surface area contributed by atoms with Gasteiger partial charge in [0.05, 0.1) is 13.2 Å². The van der Waals surface area contributed by atoms with Gasteiger partial charge in [0.15, 0.2) is 5.89 Å². The highest BCUT2D eigenvalue weighted by Crippen LogP contribution is 2.20. The number of carbonyl (C=O) groups is 1. The van der Waals surface area contributed by atoms with Gasteiger partial charge in [-0.2, -0.15) is 0 Å². The van der Waals surface area contributed by atoms with Crippen LogP contribution in [0.3, 0.4) is 0 Å². The van der Waals surface area contributed by atoms with Crippen molar-refractivity contribution >= 4 is 11.6 Å². The molecule has 2 N–H and O–H groups in total. The van der Waals surface area contributed by atoms with Gasteiger partial charge in [-0.05, 0) is 12.1 Å². The van der Waals surface area contributed by atoms with Crippen molar-refractivity contribution in [1.82, 2.24) is 10.3 Å². The van der Waals surface area contributed by atoms with Crippen molar-refractivity contribution in [2.24, 2.45) is 0 Å². The van der Waals surface area contributed by atoms with Gasteiger partial charge in [0.25, 0.3) is 0 Å². The molecule has 2 aromatic rings. The zero-order chi connectivity index (χ0) is 14.7. The summed E-state index contributed by atoms with van der Waals surface area (Å²) in [5, 5.41) is 5.99.